The molecule has 0 aliphatic carbocycles. The van der Waals surface area contributed by atoms with Crippen molar-refractivity contribution >= 4 is 34.0 Å². The second-order valence-corrected chi connectivity index (χ2v) is 6.94. The lowest BCUT2D eigenvalue weighted by Crippen LogP contribution is -2.26. The average Bonchev–Trinajstić information content (AvgIpc) is 3.00. The van der Waals surface area contributed by atoms with Gasteiger partial charge in [0.05, 0.1) is 18.0 Å². The van der Waals surface area contributed by atoms with Gasteiger partial charge in [-0.15, -0.1) is 11.3 Å². The van der Waals surface area contributed by atoms with Crippen molar-refractivity contribution in [2.75, 3.05) is 26.1 Å². The van der Waals surface area contributed by atoms with Crippen LogP contribution in [0, 0.1) is 6.92 Å². The monoisotopic (exact) mass is 356 g/mol. The Morgan fingerprint density at radius 2 is 2.12 bits per heavy atom. The van der Waals surface area contributed by atoms with Gasteiger partial charge in [-0.2, -0.15) is 0 Å². The van der Waals surface area contributed by atoms with E-state index < -0.39 is 0 Å². The zero-order valence-corrected chi connectivity index (χ0v) is 15.5. The molecule has 130 valence electrons. The van der Waals surface area contributed by atoms with Crippen LogP contribution >= 0.6 is 11.3 Å². The van der Waals surface area contributed by atoms with E-state index in [-0.39, 0.29) is 11.7 Å². The topological polar surface area (TPSA) is 67.3 Å². The minimum atomic E-state index is -0.295. The molecule has 0 aliphatic heterocycles. The number of aromatic nitrogens is 2. The summed E-state index contributed by atoms with van der Waals surface area (Å²) in [7, 11) is 5.44. The van der Waals surface area contributed by atoms with Crippen molar-refractivity contribution in [2.45, 2.75) is 13.5 Å². The Balaban J connectivity index is 1.84. The van der Waals surface area contributed by atoms with Gasteiger partial charge in [0.25, 0.3) is 5.91 Å². The Morgan fingerprint density at radius 1 is 1.32 bits per heavy atom. The number of benzene rings is 1. The number of thiophene rings is 1. The number of ether oxygens (including phenoxy) is 1. The molecule has 25 heavy (non-hydrogen) atoms. The van der Waals surface area contributed by atoms with Crippen molar-refractivity contribution in [1.82, 2.24) is 15.3 Å². The summed E-state index contributed by atoms with van der Waals surface area (Å²) in [4.78, 5) is 24.4. The predicted molar refractivity (Wildman–Crippen MR) is 101 cm³/mol. The van der Waals surface area contributed by atoms with Crippen LogP contribution in [0.15, 0.2) is 29.6 Å². The molecule has 0 unspecified atom stereocenters. The molecule has 6 nitrogen and oxygen atoms in total. The summed E-state index contributed by atoms with van der Waals surface area (Å²) in [5.74, 6) is 1.40. The number of carbonyl (C=O) groups excluding carboxylic acids is 1. The van der Waals surface area contributed by atoms with Crippen LogP contribution in [0.4, 0.5) is 5.82 Å². The highest BCUT2D eigenvalue weighted by atomic mass is 32.1. The van der Waals surface area contributed by atoms with Crippen LogP contribution in [-0.4, -0.2) is 37.1 Å². The molecule has 3 aromatic rings. The SMILES string of the molecule is COc1cccc(CNC(=O)c2nc(N(C)C)c3c(C)scc3n2)c1. The number of amides is 1. The van der Waals surface area contributed by atoms with Gasteiger partial charge in [0.2, 0.25) is 5.82 Å². The molecule has 1 amide bonds. The number of methoxy groups -OCH3 is 1. The van der Waals surface area contributed by atoms with E-state index in [1.54, 1.807) is 18.4 Å². The van der Waals surface area contributed by atoms with Gasteiger partial charge in [-0.25, -0.2) is 9.97 Å². The average molecular weight is 356 g/mol. The maximum Gasteiger partial charge on any atom is 0.289 e. The number of nitrogens with one attached hydrogen (secondary N) is 1. The lowest BCUT2D eigenvalue weighted by molar-refractivity contribution is 0.0941. The van der Waals surface area contributed by atoms with Crippen molar-refractivity contribution < 1.29 is 9.53 Å². The Labute approximate surface area is 150 Å². The molecule has 3 rings (SSSR count). The van der Waals surface area contributed by atoms with E-state index in [0.717, 1.165) is 32.9 Å². The fourth-order valence-corrected chi connectivity index (χ4v) is 3.33. The Bertz CT molecular complexity index is 921. The third-order valence-corrected chi connectivity index (χ3v) is 4.73. The summed E-state index contributed by atoms with van der Waals surface area (Å²) >= 11 is 1.61. The quantitative estimate of drug-likeness (QED) is 0.761. The van der Waals surface area contributed by atoms with Crippen molar-refractivity contribution in [1.29, 1.82) is 0 Å². The summed E-state index contributed by atoms with van der Waals surface area (Å²) < 4.78 is 5.20. The van der Waals surface area contributed by atoms with E-state index in [2.05, 4.69) is 15.3 Å². The minimum absolute atomic E-state index is 0.178. The lowest BCUT2D eigenvalue weighted by Gasteiger charge is -2.14. The van der Waals surface area contributed by atoms with Crippen LogP contribution < -0.4 is 15.0 Å². The molecule has 1 N–H and O–H groups in total. The van der Waals surface area contributed by atoms with E-state index in [4.69, 9.17) is 4.74 Å². The van der Waals surface area contributed by atoms with Gasteiger partial charge in [-0.05, 0) is 24.6 Å². The molecule has 0 bridgehead atoms. The lowest BCUT2D eigenvalue weighted by atomic mass is 10.2. The molecule has 0 aliphatic rings. The number of rotatable bonds is 5. The van der Waals surface area contributed by atoms with Crippen LogP contribution in [-0.2, 0) is 6.54 Å². The number of fused-ring (bicyclic) bond motifs is 1. The highest BCUT2D eigenvalue weighted by Crippen LogP contribution is 2.30. The van der Waals surface area contributed by atoms with Crippen LogP contribution in [0.25, 0.3) is 10.9 Å². The summed E-state index contributed by atoms with van der Waals surface area (Å²) in [6.07, 6.45) is 0. The fourth-order valence-electron chi connectivity index (χ4n) is 2.56. The Morgan fingerprint density at radius 3 is 2.84 bits per heavy atom. The van der Waals surface area contributed by atoms with Crippen LogP contribution in [0.3, 0.4) is 0 Å². The van der Waals surface area contributed by atoms with Crippen molar-refractivity contribution in [2.24, 2.45) is 0 Å². The molecule has 0 atom stereocenters. The Hall–Kier alpha value is -2.67. The summed E-state index contributed by atoms with van der Waals surface area (Å²) in [6, 6.07) is 7.57. The van der Waals surface area contributed by atoms with Gasteiger partial charge < -0.3 is 15.0 Å². The number of nitrogens with zero attached hydrogens (tertiary/aromatic N) is 3. The number of aryl methyl sites for hydroxylation is 1. The number of hydrogen-bond donors (Lipinski definition) is 1. The summed E-state index contributed by atoms with van der Waals surface area (Å²) in [5, 5.41) is 5.83. The van der Waals surface area contributed by atoms with Gasteiger partial charge in [0.1, 0.15) is 11.6 Å². The van der Waals surface area contributed by atoms with Crippen LogP contribution in [0.2, 0.25) is 0 Å². The van der Waals surface area contributed by atoms with E-state index >= 15 is 0 Å². The molecule has 1 aromatic carbocycles. The summed E-state index contributed by atoms with van der Waals surface area (Å²) in [6.45, 7) is 2.42. The van der Waals surface area contributed by atoms with Gasteiger partial charge >= 0.3 is 0 Å². The Kier molecular flexibility index (Phi) is 4.85. The third-order valence-electron chi connectivity index (χ3n) is 3.83. The predicted octanol–water partition coefficient (Wildman–Crippen LogP) is 3.00. The van der Waals surface area contributed by atoms with Gasteiger partial charge in [-0.1, -0.05) is 12.1 Å². The van der Waals surface area contributed by atoms with Gasteiger partial charge in [0, 0.05) is 30.9 Å². The van der Waals surface area contributed by atoms with E-state index in [1.165, 1.54) is 0 Å². The first kappa shape index (κ1) is 17.2. The van der Waals surface area contributed by atoms with Crippen molar-refractivity contribution in [3.05, 3.63) is 45.9 Å². The zero-order chi connectivity index (χ0) is 18.0. The molecule has 0 spiro atoms. The number of anilines is 1. The second kappa shape index (κ2) is 7.06. The van der Waals surface area contributed by atoms with Crippen molar-refractivity contribution in [3.63, 3.8) is 0 Å². The highest BCUT2D eigenvalue weighted by molar-refractivity contribution is 7.11. The second-order valence-electron chi connectivity index (χ2n) is 5.85. The highest BCUT2D eigenvalue weighted by Gasteiger charge is 2.17. The molecule has 0 fully saturated rings. The standard InChI is InChI=1S/C18H20N4O2S/c1-11-15-14(10-25-11)20-16(21-17(15)22(2)3)18(23)19-9-12-6-5-7-13(8-12)24-4/h5-8,10H,9H2,1-4H3,(H,19,23). The van der Waals surface area contributed by atoms with Gasteiger partial charge in [0.15, 0.2) is 0 Å². The maximum atomic E-state index is 12.5. The number of hydrogen-bond acceptors (Lipinski definition) is 6. The number of carbonyl (C=O) groups is 1. The first-order chi connectivity index (χ1) is 12.0. The van der Waals surface area contributed by atoms with E-state index in [0.29, 0.717) is 6.54 Å². The fraction of sp³-hybridized carbons (Fsp3) is 0.278. The summed E-state index contributed by atoms with van der Waals surface area (Å²) in [5.41, 5.74) is 1.75. The normalized spacial score (nSPS) is 10.7. The molecule has 2 heterocycles. The maximum absolute atomic E-state index is 12.5. The van der Waals surface area contributed by atoms with Crippen LogP contribution in [0.5, 0.6) is 5.75 Å². The largest absolute Gasteiger partial charge is 0.497 e. The van der Waals surface area contributed by atoms with Crippen LogP contribution in [0.1, 0.15) is 21.1 Å². The molecule has 0 saturated carbocycles. The minimum Gasteiger partial charge on any atom is -0.497 e. The first-order valence-corrected chi connectivity index (χ1v) is 8.72. The smallest absolute Gasteiger partial charge is 0.289 e. The zero-order valence-electron chi connectivity index (χ0n) is 14.7. The molecule has 0 saturated heterocycles. The van der Waals surface area contributed by atoms with Crippen molar-refractivity contribution in [3.8, 4) is 5.75 Å². The molecule has 7 heteroatoms. The molecule has 0 radical (unpaired) electrons. The van der Waals surface area contributed by atoms with E-state index in [1.807, 2.05) is 55.6 Å². The van der Waals surface area contributed by atoms with Gasteiger partial charge in [-0.3, -0.25) is 4.79 Å². The molecule has 2 aromatic heterocycles. The molecular weight excluding hydrogens is 336 g/mol. The third kappa shape index (κ3) is 3.56. The first-order valence-electron chi connectivity index (χ1n) is 7.84. The van der Waals surface area contributed by atoms with E-state index in [9.17, 15) is 4.79 Å². The molecular formula is C18H20N4O2S.